The van der Waals surface area contributed by atoms with E-state index in [2.05, 4.69) is 10.6 Å². The molecule has 3 N–H and O–H groups in total. The number of unbranched alkanes of at least 4 members (excludes halogenated alkanes) is 1. The minimum Gasteiger partial charge on any atom is -0.396 e. The zero-order valence-electron chi connectivity index (χ0n) is 11.3. The molecule has 1 aromatic carbocycles. The van der Waals surface area contributed by atoms with Crippen LogP contribution in [0.5, 0.6) is 0 Å². The highest BCUT2D eigenvalue weighted by Crippen LogP contribution is 2.19. The number of amides is 3. The Balaban J connectivity index is 1.88. The quantitative estimate of drug-likeness (QED) is 0.686. The second kappa shape index (κ2) is 6.91. The molecule has 1 heterocycles. The molecule has 6 nitrogen and oxygen atoms in total. The average molecular weight is 277 g/mol. The first-order valence-corrected chi connectivity index (χ1v) is 6.77. The van der Waals surface area contributed by atoms with Crippen LogP contribution in [0.25, 0.3) is 0 Å². The smallest absolute Gasteiger partial charge is 0.321 e. The standard InChI is InChI=1S/C14H19N3O3/c18-10-2-1-3-13(19)16-11-4-6-12(7-5-11)17-9-8-15-14(17)20/h4-7,18H,1-3,8-10H2,(H,15,20)(H,16,19). The van der Waals surface area contributed by atoms with E-state index in [-0.39, 0.29) is 18.5 Å². The summed E-state index contributed by atoms with van der Waals surface area (Å²) in [5.74, 6) is -0.0647. The molecule has 1 saturated heterocycles. The molecular formula is C14H19N3O3. The van der Waals surface area contributed by atoms with Crippen LogP contribution in [0.15, 0.2) is 24.3 Å². The van der Waals surface area contributed by atoms with E-state index in [9.17, 15) is 9.59 Å². The molecule has 0 spiro atoms. The maximum atomic E-state index is 11.6. The first kappa shape index (κ1) is 14.3. The van der Waals surface area contributed by atoms with E-state index in [1.165, 1.54) is 0 Å². The zero-order chi connectivity index (χ0) is 14.4. The molecule has 0 aliphatic carbocycles. The van der Waals surface area contributed by atoms with E-state index in [1.54, 1.807) is 17.0 Å². The van der Waals surface area contributed by atoms with E-state index < -0.39 is 0 Å². The van der Waals surface area contributed by atoms with Gasteiger partial charge in [0.2, 0.25) is 5.91 Å². The Hall–Kier alpha value is -2.08. The van der Waals surface area contributed by atoms with Gasteiger partial charge in [0.05, 0.1) is 0 Å². The van der Waals surface area contributed by atoms with E-state index >= 15 is 0 Å². The fourth-order valence-electron chi connectivity index (χ4n) is 2.06. The van der Waals surface area contributed by atoms with Gasteiger partial charge >= 0.3 is 6.03 Å². The third-order valence-electron chi connectivity index (χ3n) is 3.13. The van der Waals surface area contributed by atoms with E-state index in [0.717, 1.165) is 5.69 Å². The Morgan fingerprint density at radius 1 is 1.30 bits per heavy atom. The summed E-state index contributed by atoms with van der Waals surface area (Å²) < 4.78 is 0. The predicted molar refractivity (Wildman–Crippen MR) is 76.8 cm³/mol. The van der Waals surface area contributed by atoms with Gasteiger partial charge in [0.1, 0.15) is 0 Å². The number of urea groups is 1. The predicted octanol–water partition coefficient (Wildman–Crippen LogP) is 1.32. The summed E-state index contributed by atoms with van der Waals surface area (Å²) >= 11 is 0. The number of carbonyl (C=O) groups excluding carboxylic acids is 2. The first-order chi connectivity index (χ1) is 9.70. The van der Waals surface area contributed by atoms with Crippen molar-refractivity contribution in [3.8, 4) is 0 Å². The Kier molecular flexibility index (Phi) is 4.95. The van der Waals surface area contributed by atoms with E-state index in [1.807, 2.05) is 12.1 Å². The molecule has 1 fully saturated rings. The fourth-order valence-corrected chi connectivity index (χ4v) is 2.06. The number of benzene rings is 1. The molecule has 0 radical (unpaired) electrons. The van der Waals surface area contributed by atoms with Crippen molar-refractivity contribution in [2.24, 2.45) is 0 Å². The molecule has 108 valence electrons. The highest BCUT2D eigenvalue weighted by Gasteiger charge is 2.20. The maximum absolute atomic E-state index is 11.6. The summed E-state index contributed by atoms with van der Waals surface area (Å²) in [5, 5.41) is 14.2. The minimum atomic E-state index is -0.0919. The molecular weight excluding hydrogens is 258 g/mol. The van der Waals surface area contributed by atoms with Crippen molar-refractivity contribution >= 4 is 23.3 Å². The zero-order valence-corrected chi connectivity index (χ0v) is 11.3. The number of rotatable bonds is 6. The molecule has 0 unspecified atom stereocenters. The Bertz CT molecular complexity index is 473. The van der Waals surface area contributed by atoms with Crippen molar-refractivity contribution in [1.82, 2.24) is 5.32 Å². The van der Waals surface area contributed by atoms with Crippen LogP contribution in [0.1, 0.15) is 19.3 Å². The Morgan fingerprint density at radius 3 is 2.65 bits per heavy atom. The van der Waals surface area contributed by atoms with Crippen molar-refractivity contribution in [3.63, 3.8) is 0 Å². The Morgan fingerprint density at radius 2 is 2.05 bits per heavy atom. The van der Waals surface area contributed by atoms with Crippen LogP contribution in [0.2, 0.25) is 0 Å². The van der Waals surface area contributed by atoms with Crippen molar-refractivity contribution in [3.05, 3.63) is 24.3 Å². The van der Waals surface area contributed by atoms with Gasteiger partial charge in [0.15, 0.2) is 0 Å². The summed E-state index contributed by atoms with van der Waals surface area (Å²) in [6.45, 7) is 1.42. The first-order valence-electron chi connectivity index (χ1n) is 6.77. The van der Waals surface area contributed by atoms with Gasteiger partial charge in [-0.15, -0.1) is 0 Å². The van der Waals surface area contributed by atoms with Gasteiger partial charge in [0, 0.05) is 37.5 Å². The van der Waals surface area contributed by atoms with Gasteiger partial charge in [-0.25, -0.2) is 4.79 Å². The average Bonchev–Trinajstić information content (AvgIpc) is 2.86. The normalized spacial score (nSPS) is 14.2. The molecule has 1 aliphatic rings. The van der Waals surface area contributed by atoms with Crippen LogP contribution in [-0.4, -0.2) is 36.7 Å². The number of aliphatic hydroxyl groups excluding tert-OH is 1. The molecule has 20 heavy (non-hydrogen) atoms. The highest BCUT2D eigenvalue weighted by atomic mass is 16.3. The third-order valence-corrected chi connectivity index (χ3v) is 3.13. The lowest BCUT2D eigenvalue weighted by atomic mass is 10.2. The molecule has 0 saturated carbocycles. The molecule has 1 aliphatic heterocycles. The van der Waals surface area contributed by atoms with E-state index in [4.69, 9.17) is 5.11 Å². The summed E-state index contributed by atoms with van der Waals surface area (Å²) in [4.78, 5) is 24.8. The molecule has 0 aromatic heterocycles. The fraction of sp³-hybridized carbons (Fsp3) is 0.429. The second-order valence-electron chi connectivity index (χ2n) is 4.66. The Labute approximate surface area is 117 Å². The van der Waals surface area contributed by atoms with Crippen LogP contribution in [0.4, 0.5) is 16.2 Å². The molecule has 1 aromatic rings. The van der Waals surface area contributed by atoms with E-state index in [0.29, 0.717) is 38.0 Å². The van der Waals surface area contributed by atoms with Gasteiger partial charge in [-0.3, -0.25) is 9.69 Å². The summed E-state index contributed by atoms with van der Waals surface area (Å²) in [6.07, 6.45) is 1.71. The number of anilines is 2. The van der Waals surface area contributed by atoms with Crippen LogP contribution in [0.3, 0.4) is 0 Å². The largest absolute Gasteiger partial charge is 0.396 e. The number of hydrogen-bond acceptors (Lipinski definition) is 3. The summed E-state index contributed by atoms with van der Waals surface area (Å²) in [7, 11) is 0. The van der Waals surface area contributed by atoms with Crippen LogP contribution < -0.4 is 15.5 Å². The van der Waals surface area contributed by atoms with Crippen molar-refractivity contribution in [2.45, 2.75) is 19.3 Å². The monoisotopic (exact) mass is 277 g/mol. The van der Waals surface area contributed by atoms with Crippen molar-refractivity contribution in [2.75, 3.05) is 29.9 Å². The summed E-state index contributed by atoms with van der Waals surface area (Å²) in [6, 6.07) is 7.10. The lowest BCUT2D eigenvalue weighted by molar-refractivity contribution is -0.116. The number of carbonyl (C=O) groups is 2. The number of nitrogens with zero attached hydrogens (tertiary/aromatic N) is 1. The van der Waals surface area contributed by atoms with Gasteiger partial charge in [-0.2, -0.15) is 0 Å². The topological polar surface area (TPSA) is 81.7 Å². The number of nitrogens with one attached hydrogen (secondary N) is 2. The SMILES string of the molecule is O=C(CCCCO)Nc1ccc(N2CCNC2=O)cc1. The van der Waals surface area contributed by atoms with Crippen LogP contribution in [0, 0.1) is 0 Å². The lowest BCUT2D eigenvalue weighted by Gasteiger charge is -2.14. The number of aliphatic hydroxyl groups is 1. The molecule has 0 atom stereocenters. The second-order valence-corrected chi connectivity index (χ2v) is 4.66. The maximum Gasteiger partial charge on any atom is 0.321 e. The molecule has 2 rings (SSSR count). The minimum absolute atomic E-state index is 0.0647. The molecule has 0 bridgehead atoms. The van der Waals surface area contributed by atoms with Crippen LogP contribution in [-0.2, 0) is 4.79 Å². The lowest BCUT2D eigenvalue weighted by Crippen LogP contribution is -2.27. The summed E-state index contributed by atoms with van der Waals surface area (Å²) in [5.41, 5.74) is 1.53. The van der Waals surface area contributed by atoms with Gasteiger partial charge in [-0.1, -0.05) is 0 Å². The van der Waals surface area contributed by atoms with Gasteiger partial charge in [0.25, 0.3) is 0 Å². The molecule has 3 amide bonds. The van der Waals surface area contributed by atoms with Crippen molar-refractivity contribution in [1.29, 1.82) is 0 Å². The van der Waals surface area contributed by atoms with Gasteiger partial charge in [-0.05, 0) is 37.1 Å². The highest BCUT2D eigenvalue weighted by molar-refractivity contribution is 5.95. The van der Waals surface area contributed by atoms with Crippen molar-refractivity contribution < 1.29 is 14.7 Å². The van der Waals surface area contributed by atoms with Gasteiger partial charge < -0.3 is 15.7 Å². The molecule has 6 heteroatoms. The number of hydrogen-bond donors (Lipinski definition) is 3. The third kappa shape index (κ3) is 3.71. The van der Waals surface area contributed by atoms with Crippen LogP contribution >= 0.6 is 0 Å².